The molecule has 7 heteroatoms. The fourth-order valence-electron chi connectivity index (χ4n) is 6.46. The van der Waals surface area contributed by atoms with Crippen molar-refractivity contribution >= 4 is 17.5 Å². The van der Waals surface area contributed by atoms with Crippen LogP contribution in [0.1, 0.15) is 194 Å². The Morgan fingerprint density at radius 3 is 0.978 bits per heavy atom. The quantitative estimate of drug-likeness (QED) is 0.0584. The molecule has 0 saturated carbocycles. The second-order valence-corrected chi connectivity index (χ2v) is 13.6. The molecule has 0 saturated heterocycles. The Kier molecular flexibility index (Phi) is 32.6. The monoisotopic (exact) mass is 653 g/mol. The predicted molar refractivity (Wildman–Crippen MR) is 193 cm³/mol. The second-order valence-electron chi connectivity index (χ2n) is 13.6. The summed E-state index contributed by atoms with van der Waals surface area (Å²) in [5.41, 5.74) is 0. The van der Waals surface area contributed by atoms with Gasteiger partial charge in [-0.15, -0.1) is 0 Å². The summed E-state index contributed by atoms with van der Waals surface area (Å²) in [4.78, 5) is 40.6. The molecule has 0 aliphatic heterocycles. The van der Waals surface area contributed by atoms with E-state index in [4.69, 9.17) is 0 Å². The van der Waals surface area contributed by atoms with Crippen molar-refractivity contribution in [2.75, 3.05) is 26.8 Å². The number of unbranched alkanes of at least 4 members (excludes halogenated alkanes) is 24. The van der Waals surface area contributed by atoms with Crippen LogP contribution >= 0.6 is 0 Å². The number of carbonyl (C=O) groups excluding carboxylic acids is 3. The summed E-state index contributed by atoms with van der Waals surface area (Å²) in [5.74, 6) is -0.914. The Balaban J connectivity index is 4.48. The molecule has 0 aliphatic rings. The number of rotatable bonds is 36. The van der Waals surface area contributed by atoms with E-state index < -0.39 is 31.2 Å². The van der Waals surface area contributed by atoms with Crippen molar-refractivity contribution in [1.82, 2.24) is 10.2 Å². The van der Waals surface area contributed by atoms with Gasteiger partial charge in [0.05, 0.1) is 19.8 Å². The van der Waals surface area contributed by atoms with Gasteiger partial charge in [0.1, 0.15) is 12.1 Å². The van der Waals surface area contributed by atoms with Gasteiger partial charge in [-0.05, 0) is 19.9 Å². The highest BCUT2D eigenvalue weighted by Gasteiger charge is 2.37. The molecular weight excluding hydrogens is 576 g/mol. The van der Waals surface area contributed by atoms with E-state index in [1.807, 2.05) is 0 Å². The molecule has 0 rings (SSSR count). The molecular formula is C39H76N2O5. The lowest BCUT2D eigenvalue weighted by Gasteiger charge is -2.35. The molecule has 0 bridgehead atoms. The standard InChI is InChI=1S/C39H76N2O5/c1-4-6-8-10-12-14-16-18-20-22-24-26-28-30-37(44)35(33-42)41(39(46)32-40-3)36(34-43)38(45)31-29-27-25-23-21-19-17-15-13-11-9-7-5-2/h35-36,40,42-43H,4-34H2,1-3H3. The maximum atomic E-state index is 13.2. The van der Waals surface area contributed by atoms with Gasteiger partial charge < -0.3 is 20.4 Å². The van der Waals surface area contributed by atoms with Crippen LogP contribution in [0, 0.1) is 0 Å². The van der Waals surface area contributed by atoms with Crippen molar-refractivity contribution in [3.05, 3.63) is 0 Å². The molecule has 0 spiro atoms. The van der Waals surface area contributed by atoms with Crippen LogP contribution < -0.4 is 5.32 Å². The van der Waals surface area contributed by atoms with Crippen LogP contribution in [0.15, 0.2) is 0 Å². The molecule has 0 aromatic rings. The Morgan fingerprint density at radius 2 is 0.739 bits per heavy atom. The summed E-state index contributed by atoms with van der Waals surface area (Å²) in [7, 11) is 1.63. The molecule has 0 fully saturated rings. The summed E-state index contributed by atoms with van der Waals surface area (Å²) in [6.07, 6.45) is 32.0. The van der Waals surface area contributed by atoms with Gasteiger partial charge in [0, 0.05) is 12.8 Å². The van der Waals surface area contributed by atoms with E-state index in [1.165, 1.54) is 133 Å². The minimum absolute atomic E-state index is 0.0644. The lowest BCUT2D eigenvalue weighted by molar-refractivity contribution is -0.149. The third-order valence-corrected chi connectivity index (χ3v) is 9.43. The van der Waals surface area contributed by atoms with E-state index in [-0.39, 0.29) is 31.0 Å². The topological polar surface area (TPSA) is 107 Å². The van der Waals surface area contributed by atoms with Crippen LogP contribution in [0.4, 0.5) is 0 Å². The van der Waals surface area contributed by atoms with Gasteiger partial charge in [0.25, 0.3) is 0 Å². The Morgan fingerprint density at radius 1 is 0.478 bits per heavy atom. The highest BCUT2D eigenvalue weighted by Crippen LogP contribution is 2.18. The molecule has 272 valence electrons. The van der Waals surface area contributed by atoms with Crippen molar-refractivity contribution in [2.45, 2.75) is 206 Å². The first-order valence-corrected chi connectivity index (χ1v) is 19.7. The summed E-state index contributed by atoms with van der Waals surface area (Å²) in [6.45, 7) is 3.34. The first-order valence-electron chi connectivity index (χ1n) is 19.7. The fraction of sp³-hybridized carbons (Fsp3) is 0.923. The SMILES string of the molecule is CCCCCCCCCCCCCCCC(=O)C(CO)N(C(=O)CNC)C(CO)C(=O)CCCCCCCCCCCCCCC. The van der Waals surface area contributed by atoms with Crippen LogP contribution in [0.2, 0.25) is 0 Å². The molecule has 7 nitrogen and oxygen atoms in total. The van der Waals surface area contributed by atoms with Crippen LogP contribution in [-0.4, -0.2) is 71.5 Å². The minimum atomic E-state index is -1.11. The highest BCUT2D eigenvalue weighted by atomic mass is 16.3. The Labute approximate surface area is 284 Å². The van der Waals surface area contributed by atoms with Crippen LogP contribution in [0.25, 0.3) is 0 Å². The van der Waals surface area contributed by atoms with E-state index in [1.54, 1.807) is 7.05 Å². The van der Waals surface area contributed by atoms with Crippen molar-refractivity contribution < 1.29 is 24.6 Å². The predicted octanol–water partition coefficient (Wildman–Crippen LogP) is 8.86. The molecule has 46 heavy (non-hydrogen) atoms. The first kappa shape index (κ1) is 44.7. The van der Waals surface area contributed by atoms with Crippen LogP contribution in [0.3, 0.4) is 0 Å². The third-order valence-electron chi connectivity index (χ3n) is 9.43. The third kappa shape index (κ3) is 23.9. The number of hydrogen-bond donors (Lipinski definition) is 3. The number of nitrogens with one attached hydrogen (secondary N) is 1. The molecule has 2 atom stereocenters. The minimum Gasteiger partial charge on any atom is -0.394 e. The number of likely N-dealkylation sites (N-methyl/N-ethyl adjacent to an activating group) is 1. The van der Waals surface area contributed by atoms with Crippen LogP contribution in [-0.2, 0) is 14.4 Å². The molecule has 0 radical (unpaired) electrons. The Bertz CT molecular complexity index is 666. The maximum Gasteiger partial charge on any atom is 0.237 e. The number of hydrogen-bond acceptors (Lipinski definition) is 6. The summed E-state index contributed by atoms with van der Waals surface area (Å²) in [6, 6.07) is -2.21. The van der Waals surface area contributed by atoms with E-state index in [2.05, 4.69) is 19.2 Å². The second kappa shape index (κ2) is 33.6. The number of nitrogens with zero attached hydrogens (tertiary/aromatic N) is 1. The van der Waals surface area contributed by atoms with E-state index in [0.717, 1.165) is 25.7 Å². The molecule has 0 aromatic heterocycles. The Hall–Kier alpha value is -1.31. The number of Topliss-reactive ketones (excluding diaryl/α,β-unsaturated/α-hetero) is 2. The maximum absolute atomic E-state index is 13.2. The molecule has 0 heterocycles. The van der Waals surface area contributed by atoms with Crippen LogP contribution in [0.5, 0.6) is 0 Å². The molecule has 0 aromatic carbocycles. The van der Waals surface area contributed by atoms with Gasteiger partial charge in [-0.1, -0.05) is 168 Å². The highest BCUT2D eigenvalue weighted by molar-refractivity contribution is 5.94. The number of ketones is 2. The molecule has 1 amide bonds. The number of aliphatic hydroxyl groups excluding tert-OH is 2. The molecule has 0 aliphatic carbocycles. The van der Waals surface area contributed by atoms with Crippen molar-refractivity contribution in [3.8, 4) is 0 Å². The van der Waals surface area contributed by atoms with E-state index in [0.29, 0.717) is 12.8 Å². The van der Waals surface area contributed by atoms with Gasteiger partial charge in [-0.25, -0.2) is 0 Å². The normalized spacial score (nSPS) is 12.7. The van der Waals surface area contributed by atoms with Gasteiger partial charge in [-0.3, -0.25) is 14.4 Å². The summed E-state index contributed by atoms with van der Waals surface area (Å²) >= 11 is 0. The van der Waals surface area contributed by atoms with Crippen molar-refractivity contribution in [1.29, 1.82) is 0 Å². The number of carbonyl (C=O) groups is 3. The summed E-state index contributed by atoms with van der Waals surface area (Å²) in [5, 5.41) is 23.2. The fourth-order valence-corrected chi connectivity index (χ4v) is 6.46. The van der Waals surface area contributed by atoms with E-state index in [9.17, 15) is 24.6 Å². The molecule has 3 N–H and O–H groups in total. The van der Waals surface area contributed by atoms with Gasteiger partial charge in [-0.2, -0.15) is 0 Å². The van der Waals surface area contributed by atoms with Crippen molar-refractivity contribution in [3.63, 3.8) is 0 Å². The zero-order valence-electron chi connectivity index (χ0n) is 30.6. The average Bonchev–Trinajstić information content (AvgIpc) is 3.05. The lowest BCUT2D eigenvalue weighted by atomic mass is 9.98. The smallest absolute Gasteiger partial charge is 0.237 e. The largest absolute Gasteiger partial charge is 0.394 e. The van der Waals surface area contributed by atoms with Gasteiger partial charge >= 0.3 is 0 Å². The lowest BCUT2D eigenvalue weighted by Crippen LogP contribution is -2.58. The number of amides is 1. The van der Waals surface area contributed by atoms with Crippen molar-refractivity contribution in [2.24, 2.45) is 0 Å². The van der Waals surface area contributed by atoms with Gasteiger partial charge in [0.2, 0.25) is 5.91 Å². The average molecular weight is 653 g/mol. The first-order chi connectivity index (χ1) is 22.5. The van der Waals surface area contributed by atoms with E-state index >= 15 is 0 Å². The van der Waals surface area contributed by atoms with Gasteiger partial charge in [0.15, 0.2) is 11.6 Å². The zero-order valence-corrected chi connectivity index (χ0v) is 30.6. The zero-order chi connectivity index (χ0) is 34.1. The molecule has 2 unspecified atom stereocenters. The number of aliphatic hydroxyl groups is 2. The summed E-state index contributed by atoms with van der Waals surface area (Å²) < 4.78 is 0.